The largest absolute Gasteiger partial charge is 0.504 e. The summed E-state index contributed by atoms with van der Waals surface area (Å²) in [4.78, 5) is 19.2. The van der Waals surface area contributed by atoms with Crippen molar-refractivity contribution in [1.29, 1.82) is 0 Å². The number of rotatable bonds is 7. The van der Waals surface area contributed by atoms with Crippen molar-refractivity contribution >= 4 is 22.3 Å². The topological polar surface area (TPSA) is 164 Å². The first-order chi connectivity index (χ1) is 27.8. The van der Waals surface area contributed by atoms with Gasteiger partial charge in [0, 0.05) is 78.9 Å². The number of methoxy groups -OCH3 is 3. The Balaban J connectivity index is 1.44. The van der Waals surface area contributed by atoms with Gasteiger partial charge in [-0.25, -0.2) is 0 Å². The molecule has 0 saturated heterocycles. The normalized spacial score (nSPS) is 12.5. The Hall–Kier alpha value is -7.79. The molecule has 0 atom stereocenters. The van der Waals surface area contributed by atoms with Crippen molar-refractivity contribution in [2.24, 2.45) is 0 Å². The Kier molecular flexibility index (Phi) is 8.66. The summed E-state index contributed by atoms with van der Waals surface area (Å²) < 4.78 is 16.7. The molecule has 282 valence electrons. The van der Waals surface area contributed by atoms with E-state index in [0.717, 1.165) is 88.7 Å². The number of nitrogens with zero attached hydrogens (tertiary/aromatic N) is 1. The molecule has 6 heterocycles. The zero-order valence-corrected chi connectivity index (χ0v) is 31.1. The lowest BCUT2D eigenvalue weighted by atomic mass is 10.0. The number of H-pyrrole nitrogens is 4. The maximum absolute atomic E-state index is 10.6. The fraction of sp³-hybridized carbons (Fsp3) is 0.0652. The molecule has 11 heteroatoms. The van der Waals surface area contributed by atoms with Gasteiger partial charge in [0.25, 0.3) is 0 Å². The molecule has 5 aromatic heterocycles. The summed E-state index contributed by atoms with van der Waals surface area (Å²) >= 11 is 0. The van der Waals surface area contributed by atoms with Crippen LogP contribution in [0.25, 0.3) is 22.3 Å². The molecular weight excluding hydrogens is 719 g/mol. The van der Waals surface area contributed by atoms with E-state index in [1.54, 1.807) is 36.7 Å². The van der Waals surface area contributed by atoms with Crippen molar-refractivity contribution in [2.45, 2.75) is 0 Å². The molecule has 0 unspecified atom stereocenters. The molecule has 8 aromatic rings. The molecule has 9 rings (SSSR count). The van der Waals surface area contributed by atoms with Crippen LogP contribution >= 0.6 is 0 Å². The van der Waals surface area contributed by atoms with Gasteiger partial charge in [0.1, 0.15) is 0 Å². The van der Waals surface area contributed by atoms with E-state index >= 15 is 0 Å². The van der Waals surface area contributed by atoms with Gasteiger partial charge in [-0.3, -0.25) is 4.98 Å². The number of nitrogens with one attached hydrogen (secondary N) is 4. The molecular formula is C46H37N5O6. The van der Waals surface area contributed by atoms with E-state index in [9.17, 15) is 15.3 Å². The number of ether oxygens (including phenoxy) is 3. The summed E-state index contributed by atoms with van der Waals surface area (Å²) in [5, 5.41) is 35.0. The first-order valence-corrected chi connectivity index (χ1v) is 18.1. The first kappa shape index (κ1) is 34.9. The highest BCUT2D eigenvalue weighted by molar-refractivity contribution is 5.85. The van der Waals surface area contributed by atoms with Crippen LogP contribution in [0.5, 0.6) is 34.5 Å². The SMILES string of the molecule is COc1cc(C2=c3ccc([nH]3)=C(c3ccncc3)c3ccc([nH]3)C(c3ccc(O)c(OC)c3)=c3ccc([nH]3)=C(c3ccc(O)c(OC)c3)c3ccc2[nH]3)ccc1O. The van der Waals surface area contributed by atoms with Gasteiger partial charge in [-0.1, -0.05) is 18.2 Å². The van der Waals surface area contributed by atoms with E-state index in [4.69, 9.17) is 14.2 Å². The van der Waals surface area contributed by atoms with Crippen LogP contribution in [0.2, 0.25) is 0 Å². The van der Waals surface area contributed by atoms with E-state index in [1.165, 1.54) is 21.3 Å². The van der Waals surface area contributed by atoms with Gasteiger partial charge in [-0.15, -0.1) is 0 Å². The van der Waals surface area contributed by atoms with Crippen molar-refractivity contribution in [2.75, 3.05) is 21.3 Å². The number of benzene rings is 3. The van der Waals surface area contributed by atoms with E-state index in [2.05, 4.69) is 37.1 Å². The van der Waals surface area contributed by atoms with Crippen molar-refractivity contribution in [3.05, 3.63) is 194 Å². The highest BCUT2D eigenvalue weighted by Gasteiger charge is 2.20. The van der Waals surface area contributed by atoms with Gasteiger partial charge in [0.15, 0.2) is 34.5 Å². The fourth-order valence-corrected chi connectivity index (χ4v) is 7.59. The summed E-state index contributed by atoms with van der Waals surface area (Å²) in [5.74, 6) is 1.11. The Morgan fingerprint density at radius 1 is 0.368 bits per heavy atom. The van der Waals surface area contributed by atoms with Crippen molar-refractivity contribution in [3.8, 4) is 34.5 Å². The van der Waals surface area contributed by atoms with Crippen LogP contribution in [0.4, 0.5) is 0 Å². The van der Waals surface area contributed by atoms with Crippen LogP contribution in [-0.4, -0.2) is 61.6 Å². The van der Waals surface area contributed by atoms with Gasteiger partial charge in [0.2, 0.25) is 0 Å². The van der Waals surface area contributed by atoms with E-state index < -0.39 is 0 Å². The molecule has 11 nitrogen and oxygen atoms in total. The number of phenolic OH excluding ortho intramolecular Hbond substituents is 3. The maximum atomic E-state index is 10.6. The monoisotopic (exact) mass is 755 g/mol. The van der Waals surface area contributed by atoms with Gasteiger partial charge < -0.3 is 49.5 Å². The summed E-state index contributed by atoms with van der Waals surface area (Å²) in [5.41, 5.74) is 10.0. The lowest BCUT2D eigenvalue weighted by Crippen LogP contribution is -2.19. The number of aromatic nitrogens is 5. The lowest BCUT2D eigenvalue weighted by molar-refractivity contribution is 0.373. The summed E-state index contributed by atoms with van der Waals surface area (Å²) in [6, 6.07) is 36.1. The molecule has 57 heavy (non-hydrogen) atoms. The fourth-order valence-electron chi connectivity index (χ4n) is 7.59. The van der Waals surface area contributed by atoms with Crippen LogP contribution in [0, 0.1) is 0 Å². The number of hydrogen-bond donors (Lipinski definition) is 7. The number of aromatic hydroxyl groups is 3. The summed E-state index contributed by atoms with van der Waals surface area (Å²) in [7, 11) is 4.58. The predicted octanol–water partition coefficient (Wildman–Crippen LogP) is 4.84. The molecule has 0 fully saturated rings. The van der Waals surface area contributed by atoms with Crippen LogP contribution in [0.15, 0.2) is 128 Å². The van der Waals surface area contributed by atoms with Gasteiger partial charge in [-0.2, -0.15) is 0 Å². The minimum Gasteiger partial charge on any atom is -0.504 e. The van der Waals surface area contributed by atoms with Gasteiger partial charge in [-0.05, 0) is 119 Å². The highest BCUT2D eigenvalue weighted by atomic mass is 16.5. The second kappa shape index (κ2) is 14.1. The van der Waals surface area contributed by atoms with E-state index in [1.807, 2.05) is 78.9 Å². The third kappa shape index (κ3) is 6.17. The second-order valence-electron chi connectivity index (χ2n) is 13.5. The maximum Gasteiger partial charge on any atom is 0.161 e. The number of fused-ring (bicyclic) bond motifs is 8. The zero-order valence-electron chi connectivity index (χ0n) is 31.1. The Morgan fingerprint density at radius 2 is 0.684 bits per heavy atom. The lowest BCUT2D eigenvalue weighted by Gasteiger charge is -2.12. The number of hydrogen-bond acceptors (Lipinski definition) is 7. The molecule has 1 aliphatic rings. The van der Waals surface area contributed by atoms with E-state index in [-0.39, 0.29) is 17.2 Å². The Morgan fingerprint density at radius 3 is 1.00 bits per heavy atom. The molecule has 0 radical (unpaired) electrons. The average Bonchev–Trinajstić information content (AvgIpc) is 4.08. The third-order valence-electron chi connectivity index (χ3n) is 10.3. The number of pyridine rings is 1. The van der Waals surface area contributed by atoms with Crippen LogP contribution < -0.4 is 35.6 Å². The zero-order chi connectivity index (χ0) is 39.2. The van der Waals surface area contributed by atoms with Crippen molar-refractivity contribution < 1.29 is 29.5 Å². The second-order valence-corrected chi connectivity index (χ2v) is 13.5. The summed E-state index contributed by atoms with van der Waals surface area (Å²) in [6.07, 6.45) is 3.54. The molecule has 0 aliphatic carbocycles. The van der Waals surface area contributed by atoms with Crippen molar-refractivity contribution in [3.63, 3.8) is 0 Å². The molecule has 8 bridgehead atoms. The quantitative estimate of drug-likeness (QED) is 0.122. The third-order valence-corrected chi connectivity index (χ3v) is 10.3. The van der Waals surface area contributed by atoms with Crippen LogP contribution in [-0.2, 0) is 0 Å². The molecule has 1 aliphatic heterocycles. The Labute approximate surface area is 325 Å². The smallest absolute Gasteiger partial charge is 0.161 e. The van der Waals surface area contributed by atoms with Crippen LogP contribution in [0.3, 0.4) is 0 Å². The molecule has 0 amide bonds. The standard InChI is InChI=1S/C46H37N5O6/c1-55-40-22-26(4-15-37(40)52)44-31-9-7-29(48-31)43(25-18-20-47-21-19-25)30-8-10-32(49-30)45(27-5-16-38(53)41(23-27)56-2)34-12-14-36(51-34)46(35-13-11-33(44)50-35)28-6-17-39(54)42(24-28)57-3/h4-24,48-54H,1-3H3. The number of aromatic amines is 4. The first-order valence-electron chi connectivity index (χ1n) is 18.1. The molecule has 3 aromatic carbocycles. The van der Waals surface area contributed by atoms with Gasteiger partial charge >= 0.3 is 0 Å². The highest BCUT2D eigenvalue weighted by Crippen LogP contribution is 2.35. The average molecular weight is 756 g/mol. The Bertz CT molecular complexity index is 3080. The van der Waals surface area contributed by atoms with Crippen molar-refractivity contribution in [1.82, 2.24) is 24.9 Å². The minimum absolute atomic E-state index is 0.0243. The molecule has 0 spiro atoms. The van der Waals surface area contributed by atoms with Gasteiger partial charge in [0.05, 0.1) is 21.3 Å². The number of phenols is 3. The molecule has 0 saturated carbocycles. The minimum atomic E-state index is 0.0243. The van der Waals surface area contributed by atoms with Crippen LogP contribution in [0.1, 0.15) is 45.0 Å². The molecule has 7 N–H and O–H groups in total. The summed E-state index contributed by atoms with van der Waals surface area (Å²) in [6.45, 7) is 0. The predicted molar refractivity (Wildman–Crippen MR) is 216 cm³/mol. The van der Waals surface area contributed by atoms with E-state index in [0.29, 0.717) is 17.2 Å².